The van der Waals surface area contributed by atoms with E-state index in [1.165, 1.54) is 17.8 Å². The van der Waals surface area contributed by atoms with E-state index in [9.17, 15) is 8.42 Å². The van der Waals surface area contributed by atoms with Crippen molar-refractivity contribution in [2.24, 2.45) is 5.92 Å². The molecule has 1 saturated carbocycles. The molecule has 1 aliphatic rings. The van der Waals surface area contributed by atoms with Crippen LogP contribution in [-0.4, -0.2) is 21.0 Å². The first-order valence-electron chi connectivity index (χ1n) is 7.34. The minimum Gasteiger partial charge on any atom is -0.312 e. The summed E-state index contributed by atoms with van der Waals surface area (Å²) in [5.74, 6) is 0.505. The molecule has 114 valence electrons. The summed E-state index contributed by atoms with van der Waals surface area (Å²) < 4.78 is 27.8. The highest BCUT2D eigenvalue weighted by atomic mass is 32.2. The van der Waals surface area contributed by atoms with E-state index in [4.69, 9.17) is 0 Å². The van der Waals surface area contributed by atoms with Gasteiger partial charge in [0.25, 0.3) is 0 Å². The predicted octanol–water partition coefficient (Wildman–Crippen LogP) is 2.71. The summed E-state index contributed by atoms with van der Waals surface area (Å²) in [5, 5.41) is 5.12. The monoisotopic (exact) mass is 316 g/mol. The van der Waals surface area contributed by atoms with Crippen molar-refractivity contribution in [2.75, 3.05) is 6.54 Å². The van der Waals surface area contributed by atoms with E-state index in [1.807, 2.05) is 12.3 Å². The molecule has 1 heterocycles. The highest BCUT2D eigenvalue weighted by Crippen LogP contribution is 2.30. The van der Waals surface area contributed by atoms with E-state index < -0.39 is 10.0 Å². The van der Waals surface area contributed by atoms with Crippen LogP contribution in [0.5, 0.6) is 0 Å². The molecule has 0 aliphatic heterocycles. The van der Waals surface area contributed by atoms with Gasteiger partial charge in [0.05, 0.1) is 4.90 Å². The van der Waals surface area contributed by atoms with Gasteiger partial charge < -0.3 is 5.32 Å². The quantitative estimate of drug-likeness (QED) is 0.725. The highest BCUT2D eigenvalue weighted by Gasteiger charge is 2.29. The minimum absolute atomic E-state index is 0.0325. The Morgan fingerprint density at radius 3 is 2.80 bits per heavy atom. The van der Waals surface area contributed by atoms with Crippen LogP contribution < -0.4 is 10.0 Å². The van der Waals surface area contributed by atoms with Gasteiger partial charge in [-0.15, -0.1) is 11.3 Å². The van der Waals surface area contributed by atoms with Gasteiger partial charge in [-0.2, -0.15) is 0 Å². The van der Waals surface area contributed by atoms with E-state index in [2.05, 4.69) is 17.0 Å². The second-order valence-electron chi connectivity index (χ2n) is 5.49. The Hall–Kier alpha value is -0.430. The van der Waals surface area contributed by atoms with Crippen LogP contribution in [0.2, 0.25) is 0 Å². The Balaban J connectivity index is 2.03. The van der Waals surface area contributed by atoms with Gasteiger partial charge in [-0.05, 0) is 50.1 Å². The lowest BCUT2D eigenvalue weighted by molar-refractivity contribution is 0.260. The molecule has 2 N–H and O–H groups in total. The summed E-state index contributed by atoms with van der Waals surface area (Å²) in [6.07, 6.45) is 4.54. The van der Waals surface area contributed by atoms with E-state index in [-0.39, 0.29) is 6.04 Å². The first-order chi connectivity index (χ1) is 9.54. The molecule has 0 saturated heterocycles. The van der Waals surface area contributed by atoms with E-state index in [1.54, 1.807) is 6.07 Å². The first-order valence-corrected chi connectivity index (χ1v) is 9.70. The number of nitrogens with one attached hydrogen (secondary N) is 2. The van der Waals surface area contributed by atoms with Gasteiger partial charge in [-0.3, -0.25) is 0 Å². The van der Waals surface area contributed by atoms with Gasteiger partial charge in [0, 0.05) is 17.5 Å². The molecule has 2 rings (SSSR count). The molecule has 0 spiro atoms. The Bertz CT molecular complexity index is 521. The number of rotatable bonds is 8. The molecule has 0 radical (unpaired) electrons. The van der Waals surface area contributed by atoms with Crippen LogP contribution in [0.3, 0.4) is 0 Å². The molecule has 4 nitrogen and oxygen atoms in total. The van der Waals surface area contributed by atoms with Crippen molar-refractivity contribution in [1.29, 1.82) is 0 Å². The van der Waals surface area contributed by atoms with Gasteiger partial charge in [0.15, 0.2) is 0 Å². The van der Waals surface area contributed by atoms with Crippen molar-refractivity contribution >= 4 is 21.4 Å². The number of hydrogen-bond acceptors (Lipinski definition) is 4. The first kappa shape index (κ1) is 15.9. The van der Waals surface area contributed by atoms with Crippen LogP contribution in [-0.2, 0) is 16.6 Å². The van der Waals surface area contributed by atoms with Gasteiger partial charge >= 0.3 is 0 Å². The van der Waals surface area contributed by atoms with Crippen molar-refractivity contribution in [3.8, 4) is 0 Å². The molecule has 0 amide bonds. The van der Waals surface area contributed by atoms with Crippen LogP contribution in [0.15, 0.2) is 16.3 Å². The summed E-state index contributed by atoms with van der Waals surface area (Å²) in [7, 11) is -3.38. The molecule has 1 fully saturated rings. The summed E-state index contributed by atoms with van der Waals surface area (Å²) in [4.78, 5) is 1.34. The Labute approximate surface area is 126 Å². The lowest BCUT2D eigenvalue weighted by Crippen LogP contribution is -2.40. The van der Waals surface area contributed by atoms with Crippen molar-refractivity contribution in [3.63, 3.8) is 0 Å². The predicted molar refractivity (Wildman–Crippen MR) is 83.4 cm³/mol. The SMILES string of the molecule is CCCNCc1sccc1S(=O)(=O)NC(C)C1CCC1. The summed E-state index contributed by atoms with van der Waals surface area (Å²) in [5.41, 5.74) is 0. The molecule has 20 heavy (non-hydrogen) atoms. The largest absolute Gasteiger partial charge is 0.312 e. The summed E-state index contributed by atoms with van der Waals surface area (Å²) in [6, 6.07) is 1.74. The molecule has 1 unspecified atom stereocenters. The zero-order valence-electron chi connectivity index (χ0n) is 12.2. The topological polar surface area (TPSA) is 58.2 Å². The Morgan fingerprint density at radius 2 is 2.20 bits per heavy atom. The fourth-order valence-electron chi connectivity index (χ4n) is 2.42. The maximum atomic E-state index is 12.5. The molecule has 1 aliphatic carbocycles. The fourth-order valence-corrected chi connectivity index (χ4v) is 5.15. The third-order valence-corrected chi connectivity index (χ3v) is 6.60. The molecule has 0 aromatic carbocycles. The van der Waals surface area contributed by atoms with Crippen LogP contribution in [0.4, 0.5) is 0 Å². The standard InChI is InChI=1S/C14H24N2O2S2/c1-3-8-15-10-13-14(7-9-19-13)20(17,18)16-11(2)12-5-4-6-12/h7,9,11-12,15-16H,3-6,8,10H2,1-2H3. The average Bonchev–Trinajstić information content (AvgIpc) is 2.75. The second-order valence-corrected chi connectivity index (χ2v) is 8.17. The van der Waals surface area contributed by atoms with Crippen LogP contribution in [0.25, 0.3) is 0 Å². The molecular weight excluding hydrogens is 292 g/mol. The van der Waals surface area contributed by atoms with Crippen molar-refractivity contribution < 1.29 is 8.42 Å². The number of hydrogen-bond donors (Lipinski definition) is 2. The lowest BCUT2D eigenvalue weighted by atomic mass is 9.81. The maximum Gasteiger partial charge on any atom is 0.241 e. The smallest absolute Gasteiger partial charge is 0.241 e. The summed E-state index contributed by atoms with van der Waals surface area (Å²) >= 11 is 1.50. The second kappa shape index (κ2) is 7.02. The van der Waals surface area contributed by atoms with E-state index >= 15 is 0 Å². The zero-order valence-corrected chi connectivity index (χ0v) is 13.8. The third-order valence-electron chi connectivity index (χ3n) is 3.90. The molecular formula is C14H24N2O2S2. The van der Waals surface area contributed by atoms with Gasteiger partial charge in [0.2, 0.25) is 10.0 Å². The number of sulfonamides is 1. The van der Waals surface area contributed by atoms with Crippen molar-refractivity contribution in [3.05, 3.63) is 16.3 Å². The van der Waals surface area contributed by atoms with Crippen LogP contribution in [0.1, 0.15) is 44.4 Å². The normalized spacial score (nSPS) is 17.9. The van der Waals surface area contributed by atoms with E-state index in [0.29, 0.717) is 17.4 Å². The fraction of sp³-hybridized carbons (Fsp3) is 0.714. The maximum absolute atomic E-state index is 12.5. The molecule has 1 atom stereocenters. The Kier molecular flexibility index (Phi) is 5.60. The summed E-state index contributed by atoms with van der Waals surface area (Å²) in [6.45, 7) is 5.60. The molecule has 0 bridgehead atoms. The highest BCUT2D eigenvalue weighted by molar-refractivity contribution is 7.89. The average molecular weight is 316 g/mol. The van der Waals surface area contributed by atoms with Crippen molar-refractivity contribution in [2.45, 2.75) is 57.0 Å². The minimum atomic E-state index is -3.38. The molecule has 6 heteroatoms. The zero-order chi connectivity index (χ0) is 14.6. The van der Waals surface area contributed by atoms with Gasteiger partial charge in [0.1, 0.15) is 0 Å². The Morgan fingerprint density at radius 1 is 1.45 bits per heavy atom. The van der Waals surface area contributed by atoms with Crippen LogP contribution >= 0.6 is 11.3 Å². The van der Waals surface area contributed by atoms with Gasteiger partial charge in [-0.25, -0.2) is 13.1 Å². The molecule has 1 aromatic rings. The molecule has 1 aromatic heterocycles. The van der Waals surface area contributed by atoms with Crippen LogP contribution in [0, 0.1) is 5.92 Å². The van der Waals surface area contributed by atoms with Crippen molar-refractivity contribution in [1.82, 2.24) is 10.0 Å². The van der Waals surface area contributed by atoms with Gasteiger partial charge in [-0.1, -0.05) is 13.3 Å². The lowest BCUT2D eigenvalue weighted by Gasteiger charge is -2.31. The van der Waals surface area contributed by atoms with E-state index in [0.717, 1.165) is 30.7 Å². The third kappa shape index (κ3) is 3.81. The number of thiophene rings is 1.